The van der Waals surface area contributed by atoms with Crippen molar-refractivity contribution in [2.75, 3.05) is 18.4 Å². The molecule has 2 amide bonds. The van der Waals surface area contributed by atoms with Crippen LogP contribution in [0, 0.1) is 13.8 Å². The van der Waals surface area contributed by atoms with Gasteiger partial charge < -0.3 is 10.2 Å². The second kappa shape index (κ2) is 9.52. The molecule has 1 aromatic carbocycles. The first-order valence-electron chi connectivity index (χ1n) is 11.4. The topological polar surface area (TPSA) is 93.0 Å². The Morgan fingerprint density at radius 1 is 1.18 bits per heavy atom. The number of nitrogens with one attached hydrogen (secondary N) is 1. The highest BCUT2D eigenvalue weighted by Crippen LogP contribution is 2.27. The van der Waals surface area contributed by atoms with E-state index in [1.807, 2.05) is 63.1 Å². The number of hydrogen-bond acceptors (Lipinski definition) is 5. The fourth-order valence-electron chi connectivity index (χ4n) is 4.47. The molecule has 33 heavy (non-hydrogen) atoms. The Labute approximate surface area is 194 Å². The Morgan fingerprint density at radius 2 is 1.94 bits per heavy atom. The van der Waals surface area contributed by atoms with E-state index in [1.165, 1.54) is 0 Å². The summed E-state index contributed by atoms with van der Waals surface area (Å²) in [5.74, 6) is 0.482. The molecule has 0 saturated carbocycles. The van der Waals surface area contributed by atoms with E-state index in [1.54, 1.807) is 10.9 Å². The fraction of sp³-hybridized carbons (Fsp3) is 0.400. The Morgan fingerprint density at radius 3 is 2.61 bits per heavy atom. The van der Waals surface area contributed by atoms with E-state index < -0.39 is 0 Å². The van der Waals surface area contributed by atoms with Crippen molar-refractivity contribution in [2.45, 2.75) is 46.0 Å². The van der Waals surface area contributed by atoms with Crippen LogP contribution in [0.2, 0.25) is 0 Å². The third-order valence-corrected chi connectivity index (χ3v) is 6.27. The predicted molar refractivity (Wildman–Crippen MR) is 126 cm³/mol. The molecule has 1 aliphatic rings. The number of rotatable bonds is 5. The van der Waals surface area contributed by atoms with Crippen LogP contribution in [-0.2, 0) is 13.5 Å². The molecule has 0 bridgehead atoms. The number of aromatic nitrogens is 4. The zero-order valence-corrected chi connectivity index (χ0v) is 19.6. The molecule has 1 N–H and O–H groups in total. The third kappa shape index (κ3) is 4.65. The van der Waals surface area contributed by atoms with Gasteiger partial charge in [0.15, 0.2) is 0 Å². The number of carbonyl (C=O) groups is 2. The molecule has 3 heterocycles. The monoisotopic (exact) mass is 446 g/mol. The van der Waals surface area contributed by atoms with Gasteiger partial charge in [-0.1, -0.05) is 25.1 Å². The zero-order valence-electron chi connectivity index (χ0n) is 19.6. The summed E-state index contributed by atoms with van der Waals surface area (Å²) >= 11 is 0. The minimum absolute atomic E-state index is 0.00230. The van der Waals surface area contributed by atoms with Crippen LogP contribution in [0.4, 0.5) is 5.69 Å². The summed E-state index contributed by atoms with van der Waals surface area (Å²) in [6.45, 7) is 7.09. The average molecular weight is 447 g/mol. The Bertz CT molecular complexity index is 1170. The third-order valence-electron chi connectivity index (χ3n) is 6.27. The number of hydrogen-bond donors (Lipinski definition) is 1. The van der Waals surface area contributed by atoms with Gasteiger partial charge in [0.25, 0.3) is 11.8 Å². The standard InChI is InChI=1S/C25H30N6O2/c1-5-21-16(2)22(30(4)29-21)25(33)31-13-9-10-18(15-31)23-26-14-20(17(3)27-23)24(32)28-19-11-7-6-8-12-19/h6-8,11-12,14,18H,5,9-10,13,15H2,1-4H3,(H,28,32)/t18-/m0/s1. The van der Waals surface area contributed by atoms with Gasteiger partial charge in [0, 0.05) is 43.5 Å². The van der Waals surface area contributed by atoms with Crippen molar-refractivity contribution in [3.63, 3.8) is 0 Å². The van der Waals surface area contributed by atoms with Crippen molar-refractivity contribution in [1.82, 2.24) is 24.6 Å². The number of anilines is 1. The predicted octanol–water partition coefficient (Wildman–Crippen LogP) is 3.66. The maximum absolute atomic E-state index is 13.3. The first-order valence-corrected chi connectivity index (χ1v) is 11.4. The molecular formula is C25H30N6O2. The molecule has 1 aliphatic heterocycles. The van der Waals surface area contributed by atoms with Gasteiger partial charge in [-0.25, -0.2) is 9.97 Å². The molecular weight excluding hydrogens is 416 g/mol. The highest BCUT2D eigenvalue weighted by Gasteiger charge is 2.30. The summed E-state index contributed by atoms with van der Waals surface area (Å²) < 4.78 is 1.70. The average Bonchev–Trinajstić information content (AvgIpc) is 3.12. The Hall–Kier alpha value is -3.55. The van der Waals surface area contributed by atoms with Crippen molar-refractivity contribution in [3.05, 3.63) is 70.6 Å². The van der Waals surface area contributed by atoms with Crippen LogP contribution < -0.4 is 5.32 Å². The lowest BCUT2D eigenvalue weighted by Gasteiger charge is -2.32. The second-order valence-corrected chi connectivity index (χ2v) is 8.54. The fourth-order valence-corrected chi connectivity index (χ4v) is 4.47. The van der Waals surface area contributed by atoms with Crippen LogP contribution in [0.1, 0.15) is 69.3 Å². The molecule has 8 heteroatoms. The number of nitrogens with zero attached hydrogens (tertiary/aromatic N) is 5. The minimum Gasteiger partial charge on any atom is -0.337 e. The van der Waals surface area contributed by atoms with Crippen molar-refractivity contribution >= 4 is 17.5 Å². The van der Waals surface area contributed by atoms with Gasteiger partial charge in [-0.05, 0) is 45.2 Å². The van der Waals surface area contributed by atoms with Crippen LogP contribution in [-0.4, -0.2) is 49.6 Å². The van der Waals surface area contributed by atoms with Gasteiger partial charge >= 0.3 is 0 Å². The Kier molecular flexibility index (Phi) is 6.53. The number of aryl methyl sites for hydroxylation is 3. The normalized spacial score (nSPS) is 16.0. The molecule has 4 rings (SSSR count). The van der Waals surface area contributed by atoms with Gasteiger partial charge in [0.05, 0.1) is 17.0 Å². The summed E-state index contributed by atoms with van der Waals surface area (Å²) in [7, 11) is 1.83. The summed E-state index contributed by atoms with van der Waals surface area (Å²) in [5.41, 5.74) is 4.36. The van der Waals surface area contributed by atoms with Crippen LogP contribution in [0.15, 0.2) is 36.5 Å². The van der Waals surface area contributed by atoms with Gasteiger partial charge in [-0.3, -0.25) is 14.3 Å². The molecule has 172 valence electrons. The first-order chi connectivity index (χ1) is 15.9. The lowest BCUT2D eigenvalue weighted by molar-refractivity contribution is 0.0692. The smallest absolute Gasteiger partial charge is 0.272 e. The van der Waals surface area contributed by atoms with Crippen molar-refractivity contribution in [2.24, 2.45) is 7.05 Å². The lowest BCUT2D eigenvalue weighted by atomic mass is 9.96. The van der Waals surface area contributed by atoms with Crippen molar-refractivity contribution in [1.29, 1.82) is 0 Å². The van der Waals surface area contributed by atoms with Gasteiger partial charge in [-0.2, -0.15) is 5.10 Å². The van der Waals surface area contributed by atoms with E-state index in [2.05, 4.69) is 20.4 Å². The van der Waals surface area contributed by atoms with Crippen LogP contribution in [0.5, 0.6) is 0 Å². The SMILES string of the molecule is CCc1nn(C)c(C(=O)N2CCC[C@H](c3ncc(C(=O)Nc4ccccc4)c(C)n3)C2)c1C. The van der Waals surface area contributed by atoms with Gasteiger partial charge in [0.1, 0.15) is 11.5 Å². The number of piperidine rings is 1. The molecule has 0 radical (unpaired) electrons. The van der Waals surface area contributed by atoms with Crippen molar-refractivity contribution in [3.8, 4) is 0 Å². The van der Waals surface area contributed by atoms with E-state index in [4.69, 9.17) is 0 Å². The second-order valence-electron chi connectivity index (χ2n) is 8.54. The largest absolute Gasteiger partial charge is 0.337 e. The summed E-state index contributed by atoms with van der Waals surface area (Å²) in [6.07, 6.45) is 4.18. The maximum Gasteiger partial charge on any atom is 0.272 e. The molecule has 1 atom stereocenters. The highest BCUT2D eigenvalue weighted by atomic mass is 16.2. The van der Waals surface area contributed by atoms with Crippen LogP contribution in [0.3, 0.4) is 0 Å². The molecule has 8 nitrogen and oxygen atoms in total. The summed E-state index contributed by atoms with van der Waals surface area (Å²) in [4.78, 5) is 37.0. The number of likely N-dealkylation sites (tertiary alicyclic amines) is 1. The van der Waals surface area contributed by atoms with Crippen molar-refractivity contribution < 1.29 is 9.59 Å². The van der Waals surface area contributed by atoms with E-state index in [0.717, 1.165) is 36.2 Å². The number of amides is 2. The number of para-hydroxylation sites is 1. The summed E-state index contributed by atoms with van der Waals surface area (Å²) in [6, 6.07) is 9.31. The van der Waals surface area contributed by atoms with Gasteiger partial charge in [0.2, 0.25) is 0 Å². The van der Waals surface area contributed by atoms with Gasteiger partial charge in [-0.15, -0.1) is 0 Å². The first kappa shape index (κ1) is 22.6. The zero-order chi connectivity index (χ0) is 23.5. The Balaban J connectivity index is 1.49. The molecule has 0 unspecified atom stereocenters. The molecule has 3 aromatic rings. The van der Waals surface area contributed by atoms with E-state index in [9.17, 15) is 9.59 Å². The molecule has 0 aliphatic carbocycles. The molecule has 1 saturated heterocycles. The molecule has 0 spiro atoms. The van der Waals surface area contributed by atoms with Crippen LogP contribution in [0.25, 0.3) is 0 Å². The van der Waals surface area contributed by atoms with Crippen LogP contribution >= 0.6 is 0 Å². The highest BCUT2D eigenvalue weighted by molar-refractivity contribution is 6.04. The van der Waals surface area contributed by atoms with E-state index in [-0.39, 0.29) is 17.7 Å². The van der Waals surface area contributed by atoms with E-state index >= 15 is 0 Å². The minimum atomic E-state index is -0.232. The molecule has 1 fully saturated rings. The quantitative estimate of drug-likeness (QED) is 0.646. The number of carbonyl (C=O) groups excluding carboxylic acids is 2. The lowest BCUT2D eigenvalue weighted by Crippen LogP contribution is -2.40. The summed E-state index contributed by atoms with van der Waals surface area (Å²) in [5, 5.41) is 7.37. The maximum atomic E-state index is 13.3. The van der Waals surface area contributed by atoms with E-state index in [0.29, 0.717) is 35.9 Å². The number of benzene rings is 1. The molecule has 2 aromatic heterocycles.